The van der Waals surface area contributed by atoms with E-state index in [-0.39, 0.29) is 11.8 Å². The van der Waals surface area contributed by atoms with E-state index >= 15 is 0 Å². The number of likely N-dealkylation sites (tertiary alicyclic amines) is 1. The molecule has 23 heavy (non-hydrogen) atoms. The molecular weight excluding hydrogens is 308 g/mol. The predicted molar refractivity (Wildman–Crippen MR) is 91.1 cm³/mol. The standard InChI is InChI=1S/C17H18N4OS/c18-16(22)13-6-7-20(10-13)11-14-15(12-4-2-1-3-5-12)19-17-21(14)8-9-23-17/h1-5,8-9,13H,6-7,10-11H2,(H2,18,22). The lowest BCUT2D eigenvalue weighted by atomic mass is 10.1. The SMILES string of the molecule is NC(=O)C1CCN(Cc2c(-c3ccccc3)nc3sccn23)C1. The second-order valence-corrected chi connectivity index (χ2v) is 6.82. The number of benzene rings is 1. The summed E-state index contributed by atoms with van der Waals surface area (Å²) in [5, 5.41) is 2.05. The normalized spacial score (nSPS) is 18.7. The maximum absolute atomic E-state index is 11.4. The fourth-order valence-electron chi connectivity index (χ4n) is 3.23. The van der Waals surface area contributed by atoms with Gasteiger partial charge in [0.1, 0.15) is 0 Å². The second-order valence-electron chi connectivity index (χ2n) is 5.95. The van der Waals surface area contributed by atoms with E-state index in [9.17, 15) is 4.79 Å². The zero-order valence-corrected chi connectivity index (χ0v) is 13.5. The van der Waals surface area contributed by atoms with Crippen LogP contribution in [0.15, 0.2) is 41.9 Å². The highest BCUT2D eigenvalue weighted by molar-refractivity contribution is 7.15. The number of imidazole rings is 1. The van der Waals surface area contributed by atoms with Gasteiger partial charge in [0.25, 0.3) is 0 Å². The van der Waals surface area contributed by atoms with Crippen LogP contribution in [0.5, 0.6) is 0 Å². The lowest BCUT2D eigenvalue weighted by Gasteiger charge is -2.16. The largest absolute Gasteiger partial charge is 0.369 e. The molecule has 1 aliphatic rings. The molecule has 0 aliphatic carbocycles. The lowest BCUT2D eigenvalue weighted by molar-refractivity contribution is -0.121. The molecule has 1 amide bonds. The van der Waals surface area contributed by atoms with Crippen molar-refractivity contribution in [3.05, 3.63) is 47.6 Å². The van der Waals surface area contributed by atoms with Gasteiger partial charge in [0, 0.05) is 30.2 Å². The van der Waals surface area contributed by atoms with Gasteiger partial charge in [-0.2, -0.15) is 0 Å². The summed E-state index contributed by atoms with van der Waals surface area (Å²) in [6.45, 7) is 2.42. The number of hydrogen-bond donors (Lipinski definition) is 1. The summed E-state index contributed by atoms with van der Waals surface area (Å²) < 4.78 is 2.16. The van der Waals surface area contributed by atoms with Crippen molar-refractivity contribution >= 4 is 22.2 Å². The smallest absolute Gasteiger partial charge is 0.221 e. The molecule has 0 saturated carbocycles. The first-order chi connectivity index (χ1) is 11.2. The van der Waals surface area contributed by atoms with Crippen molar-refractivity contribution in [1.82, 2.24) is 14.3 Å². The van der Waals surface area contributed by atoms with E-state index in [0.29, 0.717) is 0 Å². The molecule has 2 N–H and O–H groups in total. The molecule has 0 radical (unpaired) electrons. The lowest BCUT2D eigenvalue weighted by Crippen LogP contribution is -2.27. The van der Waals surface area contributed by atoms with Crippen molar-refractivity contribution in [3.63, 3.8) is 0 Å². The second kappa shape index (κ2) is 5.79. The molecule has 1 fully saturated rings. The van der Waals surface area contributed by atoms with Crippen LogP contribution >= 0.6 is 11.3 Å². The third kappa shape index (κ3) is 2.64. The highest BCUT2D eigenvalue weighted by Crippen LogP contribution is 2.29. The summed E-state index contributed by atoms with van der Waals surface area (Å²) >= 11 is 1.64. The first kappa shape index (κ1) is 14.4. The minimum Gasteiger partial charge on any atom is -0.369 e. The van der Waals surface area contributed by atoms with Crippen LogP contribution in [0.2, 0.25) is 0 Å². The van der Waals surface area contributed by atoms with Gasteiger partial charge in [0.05, 0.1) is 17.3 Å². The molecule has 3 aromatic rings. The molecule has 3 heterocycles. The van der Waals surface area contributed by atoms with Gasteiger partial charge in [-0.1, -0.05) is 30.3 Å². The first-order valence-electron chi connectivity index (χ1n) is 7.74. The van der Waals surface area contributed by atoms with Gasteiger partial charge in [-0.15, -0.1) is 11.3 Å². The van der Waals surface area contributed by atoms with E-state index in [1.807, 2.05) is 18.2 Å². The number of carbonyl (C=O) groups is 1. The quantitative estimate of drug-likeness (QED) is 0.800. The molecule has 0 spiro atoms. The molecule has 118 valence electrons. The van der Waals surface area contributed by atoms with Crippen molar-refractivity contribution < 1.29 is 4.79 Å². The van der Waals surface area contributed by atoms with Gasteiger partial charge in [-0.3, -0.25) is 14.1 Å². The Balaban J connectivity index is 1.68. The fourth-order valence-corrected chi connectivity index (χ4v) is 3.96. The number of aromatic nitrogens is 2. The van der Waals surface area contributed by atoms with Gasteiger partial charge < -0.3 is 5.73 Å². The third-order valence-electron chi connectivity index (χ3n) is 4.46. The number of nitrogens with two attached hydrogens (primary N) is 1. The Morgan fingerprint density at radius 2 is 2.17 bits per heavy atom. The van der Waals surface area contributed by atoms with Crippen molar-refractivity contribution in [1.29, 1.82) is 0 Å². The zero-order chi connectivity index (χ0) is 15.8. The zero-order valence-electron chi connectivity index (χ0n) is 12.7. The van der Waals surface area contributed by atoms with Crippen molar-refractivity contribution in [2.24, 2.45) is 11.7 Å². The van der Waals surface area contributed by atoms with Gasteiger partial charge in [0.15, 0.2) is 4.96 Å². The molecule has 1 unspecified atom stereocenters. The number of nitrogens with zero attached hydrogens (tertiary/aromatic N) is 3. The molecule has 1 saturated heterocycles. The Bertz CT molecular complexity index is 839. The summed E-state index contributed by atoms with van der Waals surface area (Å²) in [6, 6.07) is 10.3. The Hall–Kier alpha value is -2.18. The van der Waals surface area contributed by atoms with Gasteiger partial charge in [0.2, 0.25) is 5.91 Å². The van der Waals surface area contributed by atoms with Crippen LogP contribution in [0.25, 0.3) is 16.2 Å². The fraction of sp³-hybridized carbons (Fsp3) is 0.294. The monoisotopic (exact) mass is 326 g/mol. The predicted octanol–water partition coefficient (Wildman–Crippen LogP) is 2.37. The number of carbonyl (C=O) groups excluding carboxylic acids is 1. The van der Waals surface area contributed by atoms with Crippen LogP contribution in [0.1, 0.15) is 12.1 Å². The third-order valence-corrected chi connectivity index (χ3v) is 5.21. The number of rotatable bonds is 4. The first-order valence-corrected chi connectivity index (χ1v) is 8.62. The number of amides is 1. The van der Waals surface area contributed by atoms with E-state index in [0.717, 1.165) is 42.3 Å². The molecule has 2 aromatic heterocycles. The molecule has 0 bridgehead atoms. The summed E-state index contributed by atoms with van der Waals surface area (Å²) in [5.41, 5.74) is 8.78. The molecule has 1 aromatic carbocycles. The van der Waals surface area contributed by atoms with E-state index in [2.05, 4.69) is 33.0 Å². The minimum atomic E-state index is -0.190. The summed E-state index contributed by atoms with van der Waals surface area (Å²) in [5.74, 6) is -0.217. The van der Waals surface area contributed by atoms with Gasteiger partial charge in [-0.25, -0.2) is 4.98 Å². The van der Waals surface area contributed by atoms with E-state index in [1.54, 1.807) is 11.3 Å². The number of hydrogen-bond acceptors (Lipinski definition) is 4. The topological polar surface area (TPSA) is 63.6 Å². The van der Waals surface area contributed by atoms with Crippen molar-refractivity contribution in [2.45, 2.75) is 13.0 Å². The number of thiazole rings is 1. The summed E-state index contributed by atoms with van der Waals surface area (Å²) in [4.78, 5) is 19.5. The minimum absolute atomic E-state index is 0.0268. The molecule has 1 atom stereocenters. The highest BCUT2D eigenvalue weighted by Gasteiger charge is 2.28. The Kier molecular flexibility index (Phi) is 3.63. The number of primary amides is 1. The van der Waals surface area contributed by atoms with Crippen LogP contribution < -0.4 is 5.73 Å². The van der Waals surface area contributed by atoms with Crippen molar-refractivity contribution in [3.8, 4) is 11.3 Å². The Morgan fingerprint density at radius 3 is 2.91 bits per heavy atom. The van der Waals surface area contributed by atoms with Crippen LogP contribution in [0.3, 0.4) is 0 Å². The van der Waals surface area contributed by atoms with Crippen LogP contribution in [-0.2, 0) is 11.3 Å². The highest BCUT2D eigenvalue weighted by atomic mass is 32.1. The van der Waals surface area contributed by atoms with E-state index in [1.165, 1.54) is 5.69 Å². The van der Waals surface area contributed by atoms with Crippen LogP contribution in [0, 0.1) is 5.92 Å². The molecule has 4 rings (SSSR count). The van der Waals surface area contributed by atoms with Gasteiger partial charge >= 0.3 is 0 Å². The average molecular weight is 326 g/mol. The van der Waals surface area contributed by atoms with Crippen molar-refractivity contribution in [2.75, 3.05) is 13.1 Å². The van der Waals surface area contributed by atoms with Gasteiger partial charge in [-0.05, 0) is 13.0 Å². The van der Waals surface area contributed by atoms with Crippen LogP contribution in [0.4, 0.5) is 0 Å². The average Bonchev–Trinajstić information content (AvgIpc) is 3.26. The van der Waals surface area contributed by atoms with Crippen LogP contribution in [-0.4, -0.2) is 33.3 Å². The Labute approximate surface area is 138 Å². The molecule has 1 aliphatic heterocycles. The van der Waals surface area contributed by atoms with E-state index in [4.69, 9.17) is 10.7 Å². The summed E-state index contributed by atoms with van der Waals surface area (Å²) in [7, 11) is 0. The Morgan fingerprint density at radius 1 is 1.35 bits per heavy atom. The van der Waals surface area contributed by atoms with E-state index < -0.39 is 0 Å². The molecular formula is C17H18N4OS. The molecule has 5 nitrogen and oxygen atoms in total. The molecule has 6 heteroatoms. The maximum Gasteiger partial charge on any atom is 0.221 e. The number of fused-ring (bicyclic) bond motifs is 1. The summed E-state index contributed by atoms with van der Waals surface area (Å²) in [6.07, 6.45) is 2.91. The maximum atomic E-state index is 11.4.